The second-order valence-corrected chi connectivity index (χ2v) is 6.53. The number of nitrogens with zero attached hydrogens (tertiary/aromatic N) is 2. The lowest BCUT2D eigenvalue weighted by Crippen LogP contribution is -2.28. The van der Waals surface area contributed by atoms with Crippen LogP contribution in [-0.2, 0) is 6.42 Å². The molecule has 1 N–H and O–H groups in total. The fraction of sp³-hybridized carbons (Fsp3) is 0.474. The molecule has 0 unspecified atom stereocenters. The van der Waals surface area contributed by atoms with E-state index in [1.807, 2.05) is 26.1 Å². The maximum atomic E-state index is 12.4. The van der Waals surface area contributed by atoms with Gasteiger partial charge in [0, 0.05) is 29.5 Å². The second-order valence-electron chi connectivity index (χ2n) is 6.53. The highest BCUT2D eigenvalue weighted by Crippen LogP contribution is 2.34. The Bertz CT molecular complexity index is 751. The summed E-state index contributed by atoms with van der Waals surface area (Å²) in [5.74, 6) is 0.994. The first-order valence-corrected chi connectivity index (χ1v) is 8.58. The molecule has 2 aromatic rings. The number of halogens is 2. The molecule has 3 rings (SSSR count). The third-order valence-electron chi connectivity index (χ3n) is 4.71. The molecule has 134 valence electrons. The van der Waals surface area contributed by atoms with Gasteiger partial charge >= 0.3 is 6.61 Å². The molecule has 0 saturated heterocycles. The van der Waals surface area contributed by atoms with Crippen LogP contribution in [0.5, 0.6) is 5.75 Å². The van der Waals surface area contributed by atoms with Crippen LogP contribution in [-0.4, -0.2) is 16.6 Å². The first kappa shape index (κ1) is 17.7. The maximum Gasteiger partial charge on any atom is 0.387 e. The van der Waals surface area contributed by atoms with Crippen LogP contribution in [0, 0.1) is 13.8 Å². The minimum Gasteiger partial charge on any atom is -0.435 e. The van der Waals surface area contributed by atoms with Crippen LogP contribution in [0.15, 0.2) is 24.4 Å². The van der Waals surface area contributed by atoms with E-state index in [4.69, 9.17) is 0 Å². The van der Waals surface area contributed by atoms with Crippen LogP contribution in [0.3, 0.4) is 0 Å². The van der Waals surface area contributed by atoms with Gasteiger partial charge in [-0.15, -0.1) is 0 Å². The zero-order valence-electron chi connectivity index (χ0n) is 14.7. The molecule has 6 heteroatoms. The van der Waals surface area contributed by atoms with Crippen LogP contribution in [0.2, 0.25) is 0 Å². The molecule has 1 aromatic carbocycles. The quantitative estimate of drug-likeness (QED) is 0.869. The topological polar surface area (TPSA) is 47.0 Å². The van der Waals surface area contributed by atoms with E-state index in [9.17, 15) is 8.78 Å². The van der Waals surface area contributed by atoms with Crippen molar-refractivity contribution in [1.82, 2.24) is 15.3 Å². The minimum atomic E-state index is -2.79. The molecule has 0 fully saturated rings. The Balaban J connectivity index is 1.78. The summed E-state index contributed by atoms with van der Waals surface area (Å²) in [4.78, 5) is 8.73. The first-order valence-electron chi connectivity index (χ1n) is 8.58. The van der Waals surface area contributed by atoms with Crippen LogP contribution < -0.4 is 10.1 Å². The largest absolute Gasteiger partial charge is 0.435 e. The number of ether oxygens (including phenoxy) is 1. The van der Waals surface area contributed by atoms with Gasteiger partial charge in [0.1, 0.15) is 11.6 Å². The Kier molecular flexibility index (Phi) is 5.27. The van der Waals surface area contributed by atoms with Crippen molar-refractivity contribution in [3.05, 3.63) is 52.6 Å². The third-order valence-corrected chi connectivity index (χ3v) is 4.71. The van der Waals surface area contributed by atoms with E-state index in [-0.39, 0.29) is 17.8 Å². The average molecular weight is 347 g/mol. The van der Waals surface area contributed by atoms with Crippen LogP contribution in [0.25, 0.3) is 0 Å². The van der Waals surface area contributed by atoms with Gasteiger partial charge in [-0.3, -0.25) is 0 Å². The van der Waals surface area contributed by atoms with E-state index >= 15 is 0 Å². The van der Waals surface area contributed by atoms with Gasteiger partial charge in [-0.25, -0.2) is 9.97 Å². The van der Waals surface area contributed by atoms with Crippen molar-refractivity contribution in [2.24, 2.45) is 0 Å². The normalized spacial score (nSPS) is 18.1. The summed E-state index contributed by atoms with van der Waals surface area (Å²) >= 11 is 0. The van der Waals surface area contributed by atoms with Gasteiger partial charge in [0.25, 0.3) is 0 Å². The molecule has 1 aromatic heterocycles. The first-order chi connectivity index (χ1) is 11.9. The van der Waals surface area contributed by atoms with Crippen molar-refractivity contribution in [2.45, 2.75) is 58.7 Å². The molecule has 1 aliphatic rings. The lowest BCUT2D eigenvalue weighted by Gasteiger charge is -2.30. The highest BCUT2D eigenvalue weighted by Gasteiger charge is 2.23. The Morgan fingerprint density at radius 1 is 1.28 bits per heavy atom. The Morgan fingerprint density at radius 3 is 2.80 bits per heavy atom. The smallest absolute Gasteiger partial charge is 0.387 e. The number of rotatable bonds is 5. The van der Waals surface area contributed by atoms with E-state index in [1.165, 1.54) is 0 Å². The molecule has 4 nitrogen and oxygen atoms in total. The van der Waals surface area contributed by atoms with Gasteiger partial charge in [-0.1, -0.05) is 6.07 Å². The summed E-state index contributed by atoms with van der Waals surface area (Å²) in [6.45, 7) is 3.18. The van der Waals surface area contributed by atoms with E-state index in [1.54, 1.807) is 12.1 Å². The van der Waals surface area contributed by atoms with Gasteiger partial charge in [-0.2, -0.15) is 8.78 Å². The molecule has 0 saturated carbocycles. The molecule has 1 aliphatic carbocycles. The van der Waals surface area contributed by atoms with Gasteiger partial charge in [0.15, 0.2) is 0 Å². The van der Waals surface area contributed by atoms with E-state index in [2.05, 4.69) is 26.9 Å². The monoisotopic (exact) mass is 347 g/mol. The van der Waals surface area contributed by atoms with Gasteiger partial charge in [0.2, 0.25) is 0 Å². The number of nitrogens with one attached hydrogen (secondary N) is 1. The number of benzene rings is 1. The van der Waals surface area contributed by atoms with Gasteiger partial charge in [-0.05, 0) is 63.3 Å². The lowest BCUT2D eigenvalue weighted by atomic mass is 9.87. The SMILES string of the molecule is Cc1ncc([C@@H](C)N[C@@H]2CCCc3cc(OC(F)F)ccc32)c(C)n1. The molecule has 0 spiro atoms. The van der Waals surface area contributed by atoms with E-state index < -0.39 is 6.61 Å². The molecule has 2 atom stereocenters. The van der Waals surface area contributed by atoms with Crippen molar-refractivity contribution >= 4 is 0 Å². The standard InChI is InChI=1S/C19H23F2N3O/c1-11-17(10-22-13(3)23-11)12(2)24-18-6-4-5-14-9-15(25-19(20)21)7-8-16(14)18/h7-10,12,18-19,24H,4-6H2,1-3H3/t12-,18-/m1/s1. The number of hydrogen-bond acceptors (Lipinski definition) is 4. The lowest BCUT2D eigenvalue weighted by molar-refractivity contribution is -0.0499. The third kappa shape index (κ3) is 4.12. The summed E-state index contributed by atoms with van der Waals surface area (Å²) in [6.07, 6.45) is 4.78. The van der Waals surface area contributed by atoms with Crippen molar-refractivity contribution in [3.63, 3.8) is 0 Å². The molecule has 0 amide bonds. The van der Waals surface area contributed by atoms with Crippen molar-refractivity contribution in [2.75, 3.05) is 0 Å². The Morgan fingerprint density at radius 2 is 2.08 bits per heavy atom. The van der Waals surface area contributed by atoms with E-state index in [0.29, 0.717) is 0 Å². The fourth-order valence-electron chi connectivity index (χ4n) is 3.55. The zero-order valence-corrected chi connectivity index (χ0v) is 14.7. The summed E-state index contributed by atoms with van der Waals surface area (Å²) in [5, 5.41) is 3.64. The predicted octanol–water partition coefficient (Wildman–Crippen LogP) is 4.42. The molecular weight excluding hydrogens is 324 g/mol. The highest BCUT2D eigenvalue weighted by atomic mass is 19.3. The van der Waals surface area contributed by atoms with Crippen LogP contribution in [0.1, 0.15) is 60.1 Å². The maximum absolute atomic E-state index is 12.4. The molecule has 1 heterocycles. The molecule has 0 bridgehead atoms. The number of aryl methyl sites for hydroxylation is 3. The minimum absolute atomic E-state index is 0.105. The van der Waals surface area contributed by atoms with E-state index in [0.717, 1.165) is 47.5 Å². The zero-order chi connectivity index (χ0) is 18.0. The molecular formula is C19H23F2N3O. The number of aromatic nitrogens is 2. The fourth-order valence-corrected chi connectivity index (χ4v) is 3.55. The summed E-state index contributed by atoms with van der Waals surface area (Å²) < 4.78 is 29.3. The summed E-state index contributed by atoms with van der Waals surface area (Å²) in [5.41, 5.74) is 4.29. The number of hydrogen-bond donors (Lipinski definition) is 1. The van der Waals surface area contributed by atoms with Crippen molar-refractivity contribution < 1.29 is 13.5 Å². The van der Waals surface area contributed by atoms with Gasteiger partial charge < -0.3 is 10.1 Å². The molecule has 0 aliphatic heterocycles. The summed E-state index contributed by atoms with van der Waals surface area (Å²) in [6, 6.07) is 5.54. The van der Waals surface area contributed by atoms with Crippen LogP contribution >= 0.6 is 0 Å². The highest BCUT2D eigenvalue weighted by molar-refractivity contribution is 5.39. The molecule has 25 heavy (non-hydrogen) atoms. The van der Waals surface area contributed by atoms with Gasteiger partial charge in [0.05, 0.1) is 0 Å². The van der Waals surface area contributed by atoms with Crippen molar-refractivity contribution in [3.8, 4) is 5.75 Å². The Labute approximate surface area is 146 Å². The molecule has 0 radical (unpaired) electrons. The summed E-state index contributed by atoms with van der Waals surface area (Å²) in [7, 11) is 0. The van der Waals surface area contributed by atoms with Crippen LogP contribution in [0.4, 0.5) is 8.78 Å². The number of fused-ring (bicyclic) bond motifs is 1. The van der Waals surface area contributed by atoms with Crippen molar-refractivity contribution in [1.29, 1.82) is 0 Å². The average Bonchev–Trinajstić information content (AvgIpc) is 2.54. The number of alkyl halides is 2. The second kappa shape index (κ2) is 7.44. The Hall–Kier alpha value is -2.08. The predicted molar refractivity (Wildman–Crippen MR) is 91.8 cm³/mol.